The van der Waals surface area contributed by atoms with Crippen LogP contribution in [0.25, 0.3) is 10.1 Å². The van der Waals surface area contributed by atoms with Gasteiger partial charge in [-0.25, -0.2) is 4.79 Å². The van der Waals surface area contributed by atoms with Gasteiger partial charge < -0.3 is 36.1 Å². The molecule has 1 fully saturated rings. The van der Waals surface area contributed by atoms with Crippen LogP contribution in [0.1, 0.15) is 59.3 Å². The quantitative estimate of drug-likeness (QED) is 0.0915. The van der Waals surface area contributed by atoms with Crippen molar-refractivity contribution >= 4 is 50.6 Å². The minimum Gasteiger partial charge on any atom is -0.467 e. The minimum absolute atomic E-state index is 0.0294. The number of carbonyl (C=O) groups is 3. The highest BCUT2D eigenvalue weighted by Gasteiger charge is 2.31. The van der Waals surface area contributed by atoms with Crippen LogP contribution in [0.2, 0.25) is 0 Å². The van der Waals surface area contributed by atoms with E-state index in [1.54, 1.807) is 12.1 Å². The number of nitrogens with two attached hydrogens (primary N) is 1. The summed E-state index contributed by atoms with van der Waals surface area (Å²) >= 11 is 1.16. The molecule has 0 spiro atoms. The fourth-order valence-electron chi connectivity index (χ4n) is 5.90. The first kappa shape index (κ1) is 39.2. The highest BCUT2D eigenvalue weighted by atomic mass is 32.1. The molecule has 3 aromatic rings. The molecule has 5 N–H and O–H groups in total. The Balaban J connectivity index is 1.53. The molecule has 0 radical (unpaired) electrons. The van der Waals surface area contributed by atoms with Gasteiger partial charge in [-0.2, -0.15) is 22.0 Å². The third-order valence-electron chi connectivity index (χ3n) is 8.48. The zero-order valence-corrected chi connectivity index (χ0v) is 29.1. The number of rotatable bonds is 14. The van der Waals surface area contributed by atoms with Gasteiger partial charge >= 0.3 is 18.8 Å². The van der Waals surface area contributed by atoms with E-state index in [4.69, 9.17) is 5.73 Å². The number of ether oxygens (including phenoxy) is 2. The van der Waals surface area contributed by atoms with E-state index in [1.807, 2.05) is 6.07 Å². The van der Waals surface area contributed by atoms with Crippen LogP contribution in [0, 0.1) is 11.8 Å². The molecule has 16 heteroatoms. The molecule has 1 aliphatic rings. The molecular formula is C35H40F5N5O5S. The summed E-state index contributed by atoms with van der Waals surface area (Å²) in [6, 6.07) is 8.28. The number of primary amides is 1. The average molecular weight is 738 g/mol. The van der Waals surface area contributed by atoms with Crippen molar-refractivity contribution in [3.63, 3.8) is 0 Å². The van der Waals surface area contributed by atoms with Crippen LogP contribution >= 0.6 is 11.3 Å². The number of hydrogen-bond donors (Lipinski definition) is 4. The topological polar surface area (TPSA) is 135 Å². The summed E-state index contributed by atoms with van der Waals surface area (Å²) in [7, 11) is 5.20. The van der Waals surface area contributed by atoms with Crippen molar-refractivity contribution in [2.75, 3.05) is 38.4 Å². The minimum atomic E-state index is -4.48. The van der Waals surface area contributed by atoms with Gasteiger partial charge in [0.1, 0.15) is 11.8 Å². The van der Waals surface area contributed by atoms with Crippen LogP contribution in [0.4, 0.5) is 33.3 Å². The summed E-state index contributed by atoms with van der Waals surface area (Å²) in [5.41, 5.74) is 5.83. The number of carbonyl (C=O) groups excluding carboxylic acids is 3. The SMILES string of the molecule is COC(=O)C(CCC(N)=O)NC(=O)c1ccc(NCC#Cc2sc3c(NC4CCC(N(C)C)CC4)cccc3c2CC(F)(F)F)c(OC(F)F)c1. The molecule has 0 aliphatic heterocycles. The van der Waals surface area contributed by atoms with Crippen molar-refractivity contribution < 1.29 is 45.8 Å². The second-order valence-corrected chi connectivity index (χ2v) is 13.3. The van der Waals surface area contributed by atoms with Crippen LogP contribution < -0.4 is 26.4 Å². The Kier molecular flexibility index (Phi) is 13.5. The number of fused-ring (bicyclic) bond motifs is 1. The molecular weight excluding hydrogens is 697 g/mol. The number of anilines is 2. The monoisotopic (exact) mass is 737 g/mol. The Morgan fingerprint density at radius 2 is 1.80 bits per heavy atom. The molecule has 0 saturated heterocycles. The Morgan fingerprint density at radius 3 is 2.43 bits per heavy atom. The van der Waals surface area contributed by atoms with Gasteiger partial charge in [-0.15, -0.1) is 11.3 Å². The summed E-state index contributed by atoms with van der Waals surface area (Å²) in [6.07, 6.45) is -2.11. The maximum atomic E-state index is 13.7. The maximum absolute atomic E-state index is 13.7. The normalized spacial score (nSPS) is 16.7. The molecule has 1 aliphatic carbocycles. The first-order valence-electron chi connectivity index (χ1n) is 16.2. The summed E-state index contributed by atoms with van der Waals surface area (Å²) in [5.74, 6) is 2.83. The van der Waals surface area contributed by atoms with Gasteiger partial charge in [0.25, 0.3) is 5.91 Å². The Bertz CT molecular complexity index is 1760. The maximum Gasteiger partial charge on any atom is 0.393 e. The highest BCUT2D eigenvalue weighted by molar-refractivity contribution is 7.20. The molecule has 2 aromatic carbocycles. The number of hydrogen-bond acceptors (Lipinski definition) is 9. The summed E-state index contributed by atoms with van der Waals surface area (Å²) < 4.78 is 77.7. The van der Waals surface area contributed by atoms with Gasteiger partial charge in [-0.3, -0.25) is 9.59 Å². The van der Waals surface area contributed by atoms with Crippen LogP contribution in [0.15, 0.2) is 36.4 Å². The number of esters is 1. The van der Waals surface area contributed by atoms with E-state index in [2.05, 4.69) is 56.3 Å². The van der Waals surface area contributed by atoms with Gasteiger partial charge in [0.15, 0.2) is 0 Å². The Morgan fingerprint density at radius 1 is 1.08 bits per heavy atom. The lowest BCUT2D eigenvalue weighted by Crippen LogP contribution is -2.42. The number of nitrogens with zero attached hydrogens (tertiary/aromatic N) is 1. The number of nitrogens with one attached hydrogen (secondary N) is 3. The fraction of sp³-hybridized carbons (Fsp3) is 0.457. The van der Waals surface area contributed by atoms with E-state index in [-0.39, 0.29) is 47.1 Å². The smallest absolute Gasteiger partial charge is 0.393 e. The molecule has 1 aromatic heterocycles. The van der Waals surface area contributed by atoms with Crippen molar-refractivity contribution in [3.05, 3.63) is 52.4 Å². The molecule has 1 atom stereocenters. The summed E-state index contributed by atoms with van der Waals surface area (Å²) in [6.45, 7) is -3.43. The number of methoxy groups -OCH3 is 1. The van der Waals surface area contributed by atoms with Crippen molar-refractivity contribution in [3.8, 4) is 17.6 Å². The lowest BCUT2D eigenvalue weighted by atomic mass is 9.90. The lowest BCUT2D eigenvalue weighted by molar-refractivity contribution is -0.143. The van der Waals surface area contributed by atoms with Crippen LogP contribution in [-0.4, -0.2) is 81.3 Å². The molecule has 1 heterocycles. The number of amides is 2. The molecule has 0 bridgehead atoms. The van der Waals surface area contributed by atoms with E-state index in [0.29, 0.717) is 16.1 Å². The first-order chi connectivity index (χ1) is 24.1. The third kappa shape index (κ3) is 11.2. The van der Waals surface area contributed by atoms with Gasteiger partial charge in [0, 0.05) is 24.1 Å². The fourth-order valence-corrected chi connectivity index (χ4v) is 7.07. The first-order valence-corrected chi connectivity index (χ1v) is 17.0. The number of benzene rings is 2. The lowest BCUT2D eigenvalue weighted by Gasteiger charge is -2.33. The standard InChI is InChI=1S/C35H40F5N5O5S/c1-45(2)22-12-10-21(11-13-22)43-26-7-4-6-23-24(19-35(38,39)40)29(51-31(23)26)8-5-17-42-25-14-9-20(18-28(25)50-34(36)37)32(47)44-27(33(48)49-3)15-16-30(41)46/h4,6-7,9,14,18,21-22,27,34,42-43H,10-13,15-17,19H2,1-3H3,(H2,41,46)(H,44,47). The predicted octanol–water partition coefficient (Wildman–Crippen LogP) is 5.89. The summed E-state index contributed by atoms with van der Waals surface area (Å²) in [5, 5.41) is 9.20. The molecule has 1 unspecified atom stereocenters. The molecule has 10 nitrogen and oxygen atoms in total. The predicted molar refractivity (Wildman–Crippen MR) is 185 cm³/mol. The zero-order valence-electron chi connectivity index (χ0n) is 28.3. The van der Waals surface area contributed by atoms with Crippen LogP contribution in [-0.2, 0) is 20.7 Å². The number of alkyl halides is 5. The van der Waals surface area contributed by atoms with E-state index in [0.717, 1.165) is 55.9 Å². The Hall–Kier alpha value is -4.62. The molecule has 4 rings (SSSR count). The third-order valence-corrected chi connectivity index (χ3v) is 9.68. The number of thiophene rings is 1. The van der Waals surface area contributed by atoms with Gasteiger partial charge in [-0.05, 0) is 81.4 Å². The zero-order chi connectivity index (χ0) is 37.3. The molecule has 276 valence electrons. The van der Waals surface area contributed by atoms with Crippen LogP contribution in [0.3, 0.4) is 0 Å². The van der Waals surface area contributed by atoms with Gasteiger partial charge in [-0.1, -0.05) is 24.0 Å². The highest BCUT2D eigenvalue weighted by Crippen LogP contribution is 2.40. The largest absolute Gasteiger partial charge is 0.467 e. The van der Waals surface area contributed by atoms with Gasteiger partial charge in [0.2, 0.25) is 5.91 Å². The molecule has 51 heavy (non-hydrogen) atoms. The van der Waals surface area contributed by atoms with Crippen molar-refractivity contribution in [2.24, 2.45) is 5.73 Å². The van der Waals surface area contributed by atoms with E-state index < -0.39 is 48.8 Å². The van der Waals surface area contributed by atoms with Crippen molar-refractivity contribution in [1.82, 2.24) is 10.2 Å². The van der Waals surface area contributed by atoms with E-state index in [1.165, 1.54) is 12.1 Å². The summed E-state index contributed by atoms with van der Waals surface area (Å²) in [4.78, 5) is 38.6. The van der Waals surface area contributed by atoms with Crippen LogP contribution in [0.5, 0.6) is 5.75 Å². The van der Waals surface area contributed by atoms with Crippen molar-refractivity contribution in [2.45, 2.75) is 75.9 Å². The van der Waals surface area contributed by atoms with Gasteiger partial charge in [0.05, 0.1) is 41.0 Å². The second kappa shape index (κ2) is 17.5. The Labute approximate surface area is 296 Å². The second-order valence-electron chi connectivity index (χ2n) is 12.3. The van der Waals surface area contributed by atoms with Crippen molar-refractivity contribution in [1.29, 1.82) is 0 Å². The molecule has 1 saturated carbocycles. The van der Waals surface area contributed by atoms with E-state index >= 15 is 0 Å². The number of halogens is 5. The van der Waals surface area contributed by atoms with E-state index in [9.17, 15) is 36.3 Å². The average Bonchev–Trinajstić information content (AvgIpc) is 3.41. The molecule has 2 amide bonds.